The lowest BCUT2D eigenvalue weighted by Gasteiger charge is -2.13. The van der Waals surface area contributed by atoms with Gasteiger partial charge < -0.3 is 5.32 Å². The fourth-order valence-corrected chi connectivity index (χ4v) is 3.55. The highest BCUT2D eigenvalue weighted by Crippen LogP contribution is 2.25. The van der Waals surface area contributed by atoms with E-state index in [0.717, 1.165) is 11.3 Å². The molecule has 2 aliphatic rings. The van der Waals surface area contributed by atoms with E-state index in [1.54, 1.807) is 30.6 Å². The van der Waals surface area contributed by atoms with Gasteiger partial charge >= 0.3 is 0 Å². The fraction of sp³-hybridized carbons (Fsp3) is 0.167. The zero-order chi connectivity index (χ0) is 18.1. The van der Waals surface area contributed by atoms with Crippen molar-refractivity contribution in [1.29, 1.82) is 0 Å². The highest BCUT2D eigenvalue weighted by molar-refractivity contribution is 8.14. The Morgan fingerprint density at radius 1 is 1.12 bits per heavy atom. The molecule has 0 atom stereocenters. The van der Waals surface area contributed by atoms with Crippen molar-refractivity contribution in [3.05, 3.63) is 65.0 Å². The second-order valence-corrected chi connectivity index (χ2v) is 6.89. The molecule has 0 unspecified atom stereocenters. The van der Waals surface area contributed by atoms with E-state index in [-0.39, 0.29) is 23.9 Å². The Labute approximate surface area is 153 Å². The van der Waals surface area contributed by atoms with Crippen molar-refractivity contribution in [2.24, 2.45) is 4.99 Å². The lowest BCUT2D eigenvalue weighted by Crippen LogP contribution is -2.29. The van der Waals surface area contributed by atoms with E-state index in [9.17, 15) is 14.4 Å². The van der Waals surface area contributed by atoms with Crippen molar-refractivity contribution in [2.75, 3.05) is 12.3 Å². The van der Waals surface area contributed by atoms with Gasteiger partial charge in [-0.25, -0.2) is 0 Å². The molecule has 8 heteroatoms. The highest BCUT2D eigenvalue weighted by atomic mass is 32.2. The van der Waals surface area contributed by atoms with Crippen molar-refractivity contribution in [3.8, 4) is 0 Å². The van der Waals surface area contributed by atoms with Crippen LogP contribution in [0.15, 0.2) is 47.7 Å². The van der Waals surface area contributed by atoms with Gasteiger partial charge in [0.2, 0.25) is 0 Å². The molecule has 0 bridgehead atoms. The van der Waals surface area contributed by atoms with Crippen LogP contribution in [0, 0.1) is 0 Å². The molecule has 0 saturated carbocycles. The number of nitrogens with one attached hydrogen (secondary N) is 1. The molecule has 0 spiro atoms. The summed E-state index contributed by atoms with van der Waals surface area (Å²) in [6.45, 7) is 0.852. The number of carbonyl (C=O) groups is 3. The summed E-state index contributed by atoms with van der Waals surface area (Å²) in [5.41, 5.74) is 1.69. The van der Waals surface area contributed by atoms with Gasteiger partial charge in [-0.1, -0.05) is 11.8 Å². The predicted molar refractivity (Wildman–Crippen MR) is 97.1 cm³/mol. The monoisotopic (exact) mass is 366 g/mol. The molecule has 7 nitrogen and oxygen atoms in total. The average Bonchev–Trinajstić information content (AvgIpc) is 3.25. The number of imide groups is 1. The highest BCUT2D eigenvalue weighted by Gasteiger charge is 2.36. The lowest BCUT2D eigenvalue weighted by atomic mass is 10.1. The number of aliphatic imine (C=N–C) groups is 1. The van der Waals surface area contributed by atoms with Crippen LogP contribution in [-0.2, 0) is 6.54 Å². The maximum absolute atomic E-state index is 12.7. The van der Waals surface area contributed by atoms with Crippen LogP contribution in [0.2, 0.25) is 0 Å². The van der Waals surface area contributed by atoms with Crippen LogP contribution in [0.4, 0.5) is 0 Å². The van der Waals surface area contributed by atoms with Gasteiger partial charge in [-0.2, -0.15) is 0 Å². The van der Waals surface area contributed by atoms with Crippen molar-refractivity contribution in [3.63, 3.8) is 0 Å². The van der Waals surface area contributed by atoms with Crippen LogP contribution in [-0.4, -0.2) is 45.1 Å². The Kier molecular flexibility index (Phi) is 4.26. The molecular formula is C18H14N4O3S. The van der Waals surface area contributed by atoms with Crippen LogP contribution in [0.5, 0.6) is 0 Å². The molecule has 1 aromatic heterocycles. The smallest absolute Gasteiger partial charge is 0.261 e. The fourth-order valence-electron chi connectivity index (χ4n) is 2.83. The van der Waals surface area contributed by atoms with E-state index in [1.807, 2.05) is 0 Å². The zero-order valence-corrected chi connectivity index (χ0v) is 14.5. The minimum absolute atomic E-state index is 0.170. The molecule has 2 aromatic rings. The number of thioether (sulfide) groups is 1. The minimum atomic E-state index is -0.399. The van der Waals surface area contributed by atoms with Crippen LogP contribution in [0.3, 0.4) is 0 Å². The number of amidine groups is 1. The molecule has 0 radical (unpaired) electrons. The van der Waals surface area contributed by atoms with Crippen LogP contribution in [0.25, 0.3) is 0 Å². The number of hydrogen-bond acceptors (Lipinski definition) is 6. The van der Waals surface area contributed by atoms with E-state index in [4.69, 9.17) is 0 Å². The number of aromatic nitrogens is 1. The van der Waals surface area contributed by atoms with Crippen molar-refractivity contribution < 1.29 is 14.4 Å². The molecule has 1 aromatic carbocycles. The average molecular weight is 366 g/mol. The van der Waals surface area contributed by atoms with E-state index < -0.39 is 5.91 Å². The number of fused-ring (bicyclic) bond motifs is 1. The third kappa shape index (κ3) is 2.99. The van der Waals surface area contributed by atoms with Gasteiger partial charge in [0.15, 0.2) is 5.17 Å². The first-order valence-corrected chi connectivity index (χ1v) is 9.00. The van der Waals surface area contributed by atoms with Gasteiger partial charge in [0, 0.05) is 23.7 Å². The summed E-state index contributed by atoms with van der Waals surface area (Å²) in [5, 5.41) is 3.30. The Bertz CT molecular complexity index is 943. The number of carbonyl (C=O) groups excluding carboxylic acids is 3. The summed E-state index contributed by atoms with van der Waals surface area (Å²) in [5.74, 6) is -0.251. The Morgan fingerprint density at radius 3 is 2.62 bits per heavy atom. The van der Waals surface area contributed by atoms with E-state index in [1.165, 1.54) is 28.8 Å². The van der Waals surface area contributed by atoms with Gasteiger partial charge in [-0.3, -0.25) is 29.3 Å². The second-order valence-electron chi connectivity index (χ2n) is 5.80. The van der Waals surface area contributed by atoms with Crippen molar-refractivity contribution in [1.82, 2.24) is 15.2 Å². The van der Waals surface area contributed by atoms with Crippen molar-refractivity contribution in [2.45, 2.75) is 6.54 Å². The van der Waals surface area contributed by atoms with Gasteiger partial charge in [-0.05, 0) is 35.9 Å². The molecule has 0 fully saturated rings. The molecule has 26 heavy (non-hydrogen) atoms. The zero-order valence-electron chi connectivity index (χ0n) is 13.6. The maximum atomic E-state index is 12.7. The number of hydrogen-bond donors (Lipinski definition) is 1. The molecule has 1 N–H and O–H groups in total. The Balaban J connectivity index is 1.57. The summed E-state index contributed by atoms with van der Waals surface area (Å²) < 4.78 is 0. The molecule has 3 heterocycles. The van der Waals surface area contributed by atoms with E-state index in [0.29, 0.717) is 22.8 Å². The number of nitrogens with zero attached hydrogens (tertiary/aromatic N) is 3. The molecule has 3 amide bonds. The molecule has 4 rings (SSSR count). The number of benzene rings is 1. The first-order valence-electron chi connectivity index (χ1n) is 8.01. The van der Waals surface area contributed by atoms with E-state index >= 15 is 0 Å². The largest absolute Gasteiger partial charge is 0.301 e. The Hall–Kier alpha value is -3.00. The SMILES string of the molecule is O=C(NC1=NCCS1)c1ccc2c(c1)C(=O)N(Cc1ccncc1)C2=O. The molecule has 0 saturated heterocycles. The van der Waals surface area contributed by atoms with Crippen LogP contribution >= 0.6 is 11.8 Å². The summed E-state index contributed by atoms with van der Waals surface area (Å²) in [7, 11) is 0. The lowest BCUT2D eigenvalue weighted by molar-refractivity contribution is 0.0642. The quantitative estimate of drug-likeness (QED) is 0.835. The van der Waals surface area contributed by atoms with Crippen LogP contribution < -0.4 is 5.32 Å². The standard InChI is InChI=1S/C18H14N4O3S/c23-15(21-18-20-7-8-26-18)12-1-2-13-14(9-12)17(25)22(16(13)24)10-11-3-5-19-6-4-11/h1-6,9H,7-8,10H2,(H,20,21,23). The third-order valence-electron chi connectivity index (χ3n) is 4.13. The molecule has 0 aliphatic carbocycles. The second kappa shape index (κ2) is 6.72. The topological polar surface area (TPSA) is 91.7 Å². The molecular weight excluding hydrogens is 352 g/mol. The number of amides is 3. The maximum Gasteiger partial charge on any atom is 0.261 e. The normalized spacial score (nSPS) is 15.8. The number of pyridine rings is 1. The van der Waals surface area contributed by atoms with Gasteiger partial charge in [0.25, 0.3) is 17.7 Å². The third-order valence-corrected chi connectivity index (χ3v) is 5.02. The molecule has 130 valence electrons. The van der Waals surface area contributed by atoms with Gasteiger partial charge in [-0.15, -0.1) is 0 Å². The number of rotatable bonds is 3. The summed E-state index contributed by atoms with van der Waals surface area (Å²) >= 11 is 1.48. The first kappa shape index (κ1) is 16.5. The Morgan fingerprint density at radius 2 is 1.88 bits per heavy atom. The van der Waals surface area contributed by atoms with Crippen molar-refractivity contribution >= 4 is 34.7 Å². The predicted octanol–water partition coefficient (Wildman–Crippen LogP) is 1.71. The summed E-state index contributed by atoms with van der Waals surface area (Å²) in [4.78, 5) is 46.8. The summed E-state index contributed by atoms with van der Waals surface area (Å²) in [6.07, 6.45) is 3.22. The summed E-state index contributed by atoms with van der Waals surface area (Å²) in [6, 6.07) is 8.05. The van der Waals surface area contributed by atoms with Gasteiger partial charge in [0.05, 0.1) is 24.2 Å². The molecule has 2 aliphatic heterocycles. The van der Waals surface area contributed by atoms with Crippen LogP contribution in [0.1, 0.15) is 36.6 Å². The van der Waals surface area contributed by atoms with Gasteiger partial charge in [0.1, 0.15) is 0 Å². The van der Waals surface area contributed by atoms with E-state index in [2.05, 4.69) is 15.3 Å². The minimum Gasteiger partial charge on any atom is -0.301 e. The first-order chi connectivity index (χ1) is 12.6.